The van der Waals surface area contributed by atoms with Crippen molar-refractivity contribution in [3.05, 3.63) is 40.8 Å². The molecule has 0 saturated carbocycles. The van der Waals surface area contributed by atoms with Gasteiger partial charge >= 0.3 is 0 Å². The number of thioether (sulfide) groups is 2. The van der Waals surface area contributed by atoms with E-state index < -0.39 is 29.2 Å². The van der Waals surface area contributed by atoms with Crippen molar-refractivity contribution in [3.8, 4) is 0 Å². The fourth-order valence-electron chi connectivity index (χ4n) is 4.00. The van der Waals surface area contributed by atoms with Crippen LogP contribution in [0.2, 0.25) is 0 Å². The Balaban J connectivity index is 1.35. The van der Waals surface area contributed by atoms with Crippen molar-refractivity contribution in [1.29, 1.82) is 0 Å². The number of carbonyl (C=O) groups is 3. The van der Waals surface area contributed by atoms with Crippen molar-refractivity contribution in [2.24, 2.45) is 5.16 Å². The Kier molecular flexibility index (Phi) is 7.06. The standard InChI is InChI=1S/C21H19N7O5S4/c1-33-26-13(11-8-36-20(22)23-11)16(29)25-14-17(30)28-15(19(31)32)9(7-35-18(14)28)5-27-4-3-12-10(6-27)24-21(34-2)37-12/h3-4,6,8,14,18H,5,7H2,1-2H3,(H3-,22,23,25,29,31,32)/t14?,18-/m0/s1. The van der Waals surface area contributed by atoms with E-state index in [1.54, 1.807) is 28.5 Å². The van der Waals surface area contributed by atoms with Gasteiger partial charge in [-0.25, -0.2) is 9.97 Å². The number of hydrogen-bond acceptors (Lipinski definition) is 13. The lowest BCUT2D eigenvalue weighted by atomic mass is 10.0. The summed E-state index contributed by atoms with van der Waals surface area (Å²) < 4.78 is 3.80. The number of thiazole rings is 2. The smallest absolute Gasteiger partial charge is 0.276 e. The number of hydrogen-bond donors (Lipinski definition) is 2. The van der Waals surface area contributed by atoms with E-state index in [0.29, 0.717) is 11.3 Å². The highest BCUT2D eigenvalue weighted by molar-refractivity contribution is 8.00. The Morgan fingerprint density at radius 3 is 2.92 bits per heavy atom. The van der Waals surface area contributed by atoms with Crippen LogP contribution in [0, 0.1) is 0 Å². The van der Waals surface area contributed by atoms with E-state index in [2.05, 4.69) is 20.4 Å². The monoisotopic (exact) mass is 577 g/mol. The summed E-state index contributed by atoms with van der Waals surface area (Å²) in [6, 6.07) is 0.982. The highest BCUT2D eigenvalue weighted by Gasteiger charge is 2.53. The maximum atomic E-state index is 13.0. The molecule has 192 valence electrons. The molecule has 16 heteroatoms. The molecule has 2 aliphatic rings. The van der Waals surface area contributed by atoms with Gasteiger partial charge in [-0.05, 0) is 6.26 Å². The topological polar surface area (TPSA) is 167 Å². The third-order valence-corrected chi connectivity index (χ3v) is 9.64. The molecule has 0 bridgehead atoms. The molecular weight excluding hydrogens is 559 g/mol. The number of amides is 2. The lowest BCUT2D eigenvalue weighted by molar-refractivity contribution is -0.687. The molecule has 12 nitrogen and oxygen atoms in total. The minimum absolute atomic E-state index is 0.141. The summed E-state index contributed by atoms with van der Waals surface area (Å²) in [5.41, 5.74) is 6.89. The van der Waals surface area contributed by atoms with Crippen molar-refractivity contribution < 1.29 is 28.9 Å². The zero-order valence-electron chi connectivity index (χ0n) is 19.4. The third kappa shape index (κ3) is 4.76. The molecule has 1 unspecified atom stereocenters. The summed E-state index contributed by atoms with van der Waals surface area (Å²) in [5, 5.41) is 19.6. The number of anilines is 1. The maximum absolute atomic E-state index is 13.0. The molecular formula is C21H19N7O5S4. The van der Waals surface area contributed by atoms with Crippen LogP contribution in [0.1, 0.15) is 5.69 Å². The minimum Gasteiger partial charge on any atom is -0.543 e. The first kappa shape index (κ1) is 25.4. The fraction of sp³-hybridized carbons (Fsp3) is 0.286. The van der Waals surface area contributed by atoms with Gasteiger partial charge in [0.1, 0.15) is 29.7 Å². The number of oxime groups is 1. The van der Waals surface area contributed by atoms with E-state index in [4.69, 9.17) is 10.6 Å². The van der Waals surface area contributed by atoms with E-state index in [1.165, 1.54) is 23.8 Å². The zero-order valence-corrected chi connectivity index (χ0v) is 22.6. The second-order valence-corrected chi connectivity index (χ2v) is 11.9. The molecule has 2 amide bonds. The van der Waals surface area contributed by atoms with E-state index in [0.717, 1.165) is 25.9 Å². The summed E-state index contributed by atoms with van der Waals surface area (Å²) in [6.45, 7) is 0.252. The second-order valence-electron chi connectivity index (χ2n) is 7.84. The van der Waals surface area contributed by atoms with Gasteiger partial charge in [0, 0.05) is 22.8 Å². The quantitative estimate of drug-likeness (QED) is 0.120. The Bertz CT molecular complexity index is 1480. The lowest BCUT2D eigenvalue weighted by Crippen LogP contribution is -2.71. The summed E-state index contributed by atoms with van der Waals surface area (Å²) in [4.78, 5) is 52.6. The largest absolute Gasteiger partial charge is 0.543 e. The van der Waals surface area contributed by atoms with Gasteiger partial charge in [-0.3, -0.25) is 14.5 Å². The van der Waals surface area contributed by atoms with Crippen molar-refractivity contribution >= 4 is 85.0 Å². The van der Waals surface area contributed by atoms with E-state index in [-0.39, 0.29) is 28.8 Å². The predicted molar refractivity (Wildman–Crippen MR) is 139 cm³/mol. The third-order valence-electron chi connectivity index (χ3n) is 5.60. The van der Waals surface area contributed by atoms with Gasteiger partial charge in [-0.2, -0.15) is 4.57 Å². The van der Waals surface area contributed by atoms with Gasteiger partial charge < -0.3 is 25.8 Å². The number of pyridine rings is 1. The number of fused-ring (bicyclic) bond motifs is 2. The maximum Gasteiger partial charge on any atom is 0.276 e. The van der Waals surface area contributed by atoms with Crippen molar-refractivity contribution in [1.82, 2.24) is 20.2 Å². The van der Waals surface area contributed by atoms with Gasteiger partial charge in [0.2, 0.25) is 0 Å². The number of carboxylic acids is 1. The lowest BCUT2D eigenvalue weighted by Gasteiger charge is -2.50. The number of nitrogens with one attached hydrogen (secondary N) is 1. The summed E-state index contributed by atoms with van der Waals surface area (Å²) in [7, 11) is 1.28. The SMILES string of the molecule is CON=C(C(=O)NC1C(=O)N2C(C(=O)[O-])=C(C[n+]3ccc4sc(SC)nc4c3)CS[C@@H]12)c1csc(N)n1. The van der Waals surface area contributed by atoms with Gasteiger partial charge in [0.15, 0.2) is 34.1 Å². The molecule has 1 saturated heterocycles. The number of carboxylic acid groups (broad SMARTS) is 1. The van der Waals surface area contributed by atoms with E-state index >= 15 is 0 Å². The Morgan fingerprint density at radius 1 is 1.43 bits per heavy atom. The highest BCUT2D eigenvalue weighted by Crippen LogP contribution is 2.40. The molecule has 1 fully saturated rings. The van der Waals surface area contributed by atoms with Gasteiger partial charge in [0.05, 0.1) is 16.4 Å². The molecule has 0 spiro atoms. The first-order chi connectivity index (χ1) is 17.8. The summed E-state index contributed by atoms with van der Waals surface area (Å²) >= 11 is 5.63. The molecule has 2 aliphatic heterocycles. The van der Waals surface area contributed by atoms with Gasteiger partial charge in [-0.15, -0.1) is 34.4 Å². The zero-order chi connectivity index (χ0) is 26.3. The number of nitrogen functional groups attached to an aromatic ring is 1. The van der Waals surface area contributed by atoms with Crippen LogP contribution in [0.5, 0.6) is 0 Å². The van der Waals surface area contributed by atoms with Crippen LogP contribution in [-0.2, 0) is 25.8 Å². The van der Waals surface area contributed by atoms with Gasteiger partial charge in [-0.1, -0.05) is 16.9 Å². The van der Waals surface area contributed by atoms with Crippen LogP contribution in [0.15, 0.2) is 44.6 Å². The number of rotatable bonds is 8. The molecule has 5 rings (SSSR count). The molecule has 5 heterocycles. The van der Waals surface area contributed by atoms with Crippen LogP contribution < -0.4 is 20.7 Å². The molecule has 3 aromatic heterocycles. The first-order valence-corrected chi connectivity index (χ1v) is 14.6. The van der Waals surface area contributed by atoms with Crippen molar-refractivity contribution in [2.45, 2.75) is 22.3 Å². The molecule has 0 aromatic carbocycles. The number of aromatic nitrogens is 3. The number of aliphatic carboxylic acids is 1. The van der Waals surface area contributed by atoms with Crippen molar-refractivity contribution in [3.63, 3.8) is 0 Å². The van der Waals surface area contributed by atoms with E-state index in [9.17, 15) is 19.5 Å². The van der Waals surface area contributed by atoms with Crippen LogP contribution in [-0.4, -0.2) is 68.9 Å². The molecule has 3 aromatic rings. The Morgan fingerprint density at radius 2 is 2.24 bits per heavy atom. The minimum atomic E-state index is -1.45. The van der Waals surface area contributed by atoms with Crippen molar-refractivity contribution in [2.75, 3.05) is 24.9 Å². The summed E-state index contributed by atoms with van der Waals surface area (Å²) in [5.74, 6) is -2.35. The number of carbonyl (C=O) groups excluding carboxylic acids is 3. The molecule has 37 heavy (non-hydrogen) atoms. The average Bonchev–Trinajstić information content (AvgIpc) is 3.50. The second kappa shape index (κ2) is 10.3. The molecule has 2 atom stereocenters. The first-order valence-electron chi connectivity index (χ1n) is 10.7. The highest BCUT2D eigenvalue weighted by atomic mass is 32.2. The van der Waals surface area contributed by atoms with Crippen LogP contribution in [0.4, 0.5) is 5.13 Å². The average molecular weight is 578 g/mol. The van der Waals surface area contributed by atoms with Crippen LogP contribution in [0.3, 0.4) is 0 Å². The fourth-order valence-corrected chi connectivity index (χ4v) is 7.34. The molecule has 3 N–H and O–H groups in total. The number of β-lactam (4-membered cyclic amide) rings is 1. The number of nitrogens with two attached hydrogens (primary N) is 1. The molecule has 0 aliphatic carbocycles. The predicted octanol–water partition coefficient (Wildman–Crippen LogP) is -0.201. The number of nitrogens with zero attached hydrogens (tertiary/aromatic N) is 5. The Hall–Kier alpha value is -3.21. The van der Waals surface area contributed by atoms with Gasteiger partial charge in [0.25, 0.3) is 11.8 Å². The Labute approximate surface area is 226 Å². The van der Waals surface area contributed by atoms with Crippen LogP contribution >= 0.6 is 46.2 Å². The van der Waals surface area contributed by atoms with E-state index in [1.807, 2.05) is 29.3 Å². The van der Waals surface area contributed by atoms with Crippen LogP contribution in [0.25, 0.3) is 10.2 Å². The molecule has 0 radical (unpaired) electrons. The normalized spacial score (nSPS) is 19.6. The summed E-state index contributed by atoms with van der Waals surface area (Å²) in [6.07, 6.45) is 5.66.